The van der Waals surface area contributed by atoms with E-state index < -0.39 is 15.9 Å². The highest BCUT2D eigenvalue weighted by Gasteiger charge is 2.26. The summed E-state index contributed by atoms with van der Waals surface area (Å²) in [5.41, 5.74) is 0.402. The average Bonchev–Trinajstić information content (AvgIpc) is 2.71. The van der Waals surface area contributed by atoms with Gasteiger partial charge in [0.15, 0.2) is 0 Å². The standard InChI is InChI=1S/C19H23ClN2O6S/c1-5-22(29(24,25)14-7-9-17(27-3)15(20)11-14)12-19(23)21-16-8-6-13(26-2)10-18(16)28-4/h6-11H,5,12H2,1-4H3,(H,21,23). The molecule has 0 unspecified atom stereocenters. The Morgan fingerprint density at radius 2 is 1.72 bits per heavy atom. The van der Waals surface area contributed by atoms with Crippen LogP contribution in [0.4, 0.5) is 5.69 Å². The summed E-state index contributed by atoms with van der Waals surface area (Å²) in [6.07, 6.45) is 0. The first-order chi connectivity index (χ1) is 13.8. The fraction of sp³-hybridized carbons (Fsp3) is 0.316. The van der Waals surface area contributed by atoms with Crippen molar-refractivity contribution in [3.05, 3.63) is 41.4 Å². The Morgan fingerprint density at radius 3 is 2.28 bits per heavy atom. The third kappa shape index (κ3) is 5.31. The fourth-order valence-electron chi connectivity index (χ4n) is 2.58. The van der Waals surface area contributed by atoms with Crippen LogP contribution in [0.2, 0.25) is 5.02 Å². The lowest BCUT2D eigenvalue weighted by Crippen LogP contribution is -2.37. The lowest BCUT2D eigenvalue weighted by molar-refractivity contribution is -0.116. The van der Waals surface area contributed by atoms with Gasteiger partial charge in [-0.3, -0.25) is 4.79 Å². The van der Waals surface area contributed by atoms with Gasteiger partial charge in [0.1, 0.15) is 17.2 Å². The molecule has 1 N–H and O–H groups in total. The quantitative estimate of drug-likeness (QED) is 0.641. The van der Waals surface area contributed by atoms with E-state index in [1.54, 1.807) is 25.1 Å². The van der Waals surface area contributed by atoms with E-state index in [2.05, 4.69) is 5.32 Å². The molecule has 2 aromatic rings. The number of anilines is 1. The summed E-state index contributed by atoms with van der Waals surface area (Å²) >= 11 is 6.04. The smallest absolute Gasteiger partial charge is 0.243 e. The number of benzene rings is 2. The second-order valence-electron chi connectivity index (χ2n) is 5.84. The number of likely N-dealkylation sites (N-methyl/N-ethyl adjacent to an activating group) is 1. The van der Waals surface area contributed by atoms with Crippen molar-refractivity contribution < 1.29 is 27.4 Å². The monoisotopic (exact) mass is 442 g/mol. The molecule has 0 saturated carbocycles. The van der Waals surface area contributed by atoms with Crippen LogP contribution in [0, 0.1) is 0 Å². The number of hydrogen-bond acceptors (Lipinski definition) is 6. The van der Waals surface area contributed by atoms with Gasteiger partial charge < -0.3 is 19.5 Å². The first-order valence-corrected chi connectivity index (χ1v) is 10.4. The first kappa shape index (κ1) is 22.8. The minimum atomic E-state index is -3.93. The van der Waals surface area contributed by atoms with Crippen molar-refractivity contribution in [1.29, 1.82) is 0 Å². The number of carbonyl (C=O) groups excluding carboxylic acids is 1. The molecule has 2 rings (SSSR count). The molecule has 0 aliphatic rings. The number of amides is 1. The van der Waals surface area contributed by atoms with Crippen molar-refractivity contribution in [3.63, 3.8) is 0 Å². The molecule has 1 amide bonds. The Kier molecular flexibility index (Phi) is 7.72. The van der Waals surface area contributed by atoms with Gasteiger partial charge in [0.2, 0.25) is 15.9 Å². The number of nitrogens with one attached hydrogen (secondary N) is 1. The summed E-state index contributed by atoms with van der Waals surface area (Å²) in [5, 5.41) is 2.82. The summed E-state index contributed by atoms with van der Waals surface area (Å²) in [6.45, 7) is 1.36. The Balaban J connectivity index is 2.20. The van der Waals surface area contributed by atoms with Crippen LogP contribution >= 0.6 is 11.6 Å². The van der Waals surface area contributed by atoms with E-state index >= 15 is 0 Å². The number of carbonyl (C=O) groups is 1. The van der Waals surface area contributed by atoms with Gasteiger partial charge in [0.25, 0.3) is 0 Å². The van der Waals surface area contributed by atoms with Gasteiger partial charge in [-0.15, -0.1) is 0 Å². The highest BCUT2D eigenvalue weighted by atomic mass is 35.5. The third-order valence-electron chi connectivity index (χ3n) is 4.12. The van der Waals surface area contributed by atoms with Crippen LogP contribution in [0.5, 0.6) is 17.2 Å². The molecule has 0 aliphatic heterocycles. The van der Waals surface area contributed by atoms with E-state index in [1.807, 2.05) is 0 Å². The van der Waals surface area contributed by atoms with Gasteiger partial charge in [0.05, 0.1) is 43.5 Å². The lowest BCUT2D eigenvalue weighted by atomic mass is 10.2. The van der Waals surface area contributed by atoms with Gasteiger partial charge in [-0.2, -0.15) is 4.31 Å². The molecule has 0 radical (unpaired) electrons. The van der Waals surface area contributed by atoms with Crippen molar-refractivity contribution in [1.82, 2.24) is 4.31 Å². The van der Waals surface area contributed by atoms with Crippen molar-refractivity contribution in [2.24, 2.45) is 0 Å². The average molecular weight is 443 g/mol. The van der Waals surface area contributed by atoms with E-state index in [4.69, 9.17) is 25.8 Å². The molecular weight excluding hydrogens is 420 g/mol. The normalized spacial score (nSPS) is 11.2. The minimum absolute atomic E-state index is 0.0278. The van der Waals surface area contributed by atoms with Crippen LogP contribution in [0.15, 0.2) is 41.3 Å². The highest BCUT2D eigenvalue weighted by Crippen LogP contribution is 2.30. The molecule has 158 valence electrons. The molecule has 2 aromatic carbocycles. The van der Waals surface area contributed by atoms with Crippen LogP contribution in [-0.4, -0.2) is 53.0 Å². The van der Waals surface area contributed by atoms with Gasteiger partial charge in [-0.25, -0.2) is 8.42 Å². The number of rotatable bonds is 9. The summed E-state index contributed by atoms with van der Waals surface area (Å²) in [7, 11) is 0.480. The van der Waals surface area contributed by atoms with E-state index in [0.717, 1.165) is 4.31 Å². The molecule has 29 heavy (non-hydrogen) atoms. The Hall–Kier alpha value is -2.49. The summed E-state index contributed by atoms with van der Waals surface area (Å²) in [6, 6.07) is 9.03. The summed E-state index contributed by atoms with van der Waals surface area (Å²) < 4.78 is 42.3. The van der Waals surface area contributed by atoms with Crippen molar-refractivity contribution >= 4 is 33.2 Å². The number of sulfonamides is 1. The number of nitrogens with zero attached hydrogens (tertiary/aromatic N) is 1. The maximum absolute atomic E-state index is 12.9. The Bertz CT molecular complexity index is 981. The zero-order valence-corrected chi connectivity index (χ0v) is 18.1. The van der Waals surface area contributed by atoms with Gasteiger partial charge in [0, 0.05) is 12.6 Å². The van der Waals surface area contributed by atoms with Gasteiger partial charge >= 0.3 is 0 Å². The van der Waals surface area contributed by atoms with Crippen molar-refractivity contribution in [2.45, 2.75) is 11.8 Å². The molecule has 0 saturated heterocycles. The maximum atomic E-state index is 12.9. The SMILES string of the molecule is CCN(CC(=O)Nc1ccc(OC)cc1OC)S(=O)(=O)c1ccc(OC)c(Cl)c1. The zero-order chi connectivity index (χ0) is 21.6. The lowest BCUT2D eigenvalue weighted by Gasteiger charge is -2.21. The second-order valence-corrected chi connectivity index (χ2v) is 8.19. The molecule has 0 bridgehead atoms. The van der Waals surface area contributed by atoms with Crippen LogP contribution in [0.1, 0.15) is 6.92 Å². The predicted octanol–water partition coefficient (Wildman–Crippen LogP) is 3.02. The van der Waals surface area contributed by atoms with Gasteiger partial charge in [-0.1, -0.05) is 18.5 Å². The number of halogens is 1. The van der Waals surface area contributed by atoms with E-state index in [9.17, 15) is 13.2 Å². The molecule has 0 aromatic heterocycles. The Morgan fingerprint density at radius 1 is 1.03 bits per heavy atom. The van der Waals surface area contributed by atoms with Crippen molar-refractivity contribution in [3.8, 4) is 17.2 Å². The van der Waals surface area contributed by atoms with Crippen LogP contribution in [0.3, 0.4) is 0 Å². The zero-order valence-electron chi connectivity index (χ0n) is 16.6. The fourth-order valence-corrected chi connectivity index (χ4v) is 4.33. The van der Waals surface area contributed by atoms with E-state index in [-0.39, 0.29) is 23.0 Å². The van der Waals surface area contributed by atoms with Crippen molar-refractivity contribution in [2.75, 3.05) is 39.7 Å². The molecule has 0 heterocycles. The highest BCUT2D eigenvalue weighted by molar-refractivity contribution is 7.89. The molecule has 10 heteroatoms. The third-order valence-corrected chi connectivity index (χ3v) is 6.33. The first-order valence-electron chi connectivity index (χ1n) is 8.62. The maximum Gasteiger partial charge on any atom is 0.243 e. The molecule has 0 atom stereocenters. The second kappa shape index (κ2) is 9.82. The molecular formula is C19H23ClN2O6S. The topological polar surface area (TPSA) is 94.2 Å². The van der Waals surface area contributed by atoms with Crippen LogP contribution in [0.25, 0.3) is 0 Å². The molecule has 0 spiro atoms. The number of hydrogen-bond donors (Lipinski definition) is 1. The summed E-state index contributed by atoms with van der Waals surface area (Å²) in [4.78, 5) is 12.5. The van der Waals surface area contributed by atoms with Crippen LogP contribution < -0.4 is 19.5 Å². The summed E-state index contributed by atoms with van der Waals surface area (Å²) in [5.74, 6) is 0.802. The minimum Gasteiger partial charge on any atom is -0.497 e. The molecule has 0 aliphatic carbocycles. The van der Waals surface area contributed by atoms with E-state index in [1.165, 1.54) is 39.5 Å². The molecule has 0 fully saturated rings. The number of methoxy groups -OCH3 is 3. The van der Waals surface area contributed by atoms with Gasteiger partial charge in [-0.05, 0) is 30.3 Å². The van der Waals surface area contributed by atoms with E-state index in [0.29, 0.717) is 22.9 Å². The molecule has 8 nitrogen and oxygen atoms in total. The van der Waals surface area contributed by atoms with Crippen LogP contribution in [-0.2, 0) is 14.8 Å². The largest absolute Gasteiger partial charge is 0.497 e. The number of ether oxygens (including phenoxy) is 3. The predicted molar refractivity (Wildman–Crippen MR) is 111 cm³/mol. The Labute approximate surface area is 175 Å².